The van der Waals surface area contributed by atoms with Gasteiger partial charge in [0.2, 0.25) is 0 Å². The summed E-state index contributed by atoms with van der Waals surface area (Å²) in [6.07, 6.45) is 2.70. The zero-order valence-electron chi connectivity index (χ0n) is 12.5. The Hall–Kier alpha value is -2.36. The fourth-order valence-corrected chi connectivity index (χ4v) is 2.22. The Morgan fingerprint density at radius 1 is 1.38 bits per heavy atom. The fraction of sp³-hybridized carbons (Fsp3) is 0.294. The van der Waals surface area contributed by atoms with Gasteiger partial charge in [-0.15, -0.1) is 0 Å². The maximum Gasteiger partial charge on any atom is 0.179 e. The van der Waals surface area contributed by atoms with Gasteiger partial charge in [-0.05, 0) is 12.1 Å². The molecule has 0 radical (unpaired) electrons. The Morgan fingerprint density at radius 2 is 2.10 bits per heavy atom. The molecule has 0 aliphatic carbocycles. The summed E-state index contributed by atoms with van der Waals surface area (Å²) in [6.45, 7) is 7.25. The molecule has 0 atom stereocenters. The van der Waals surface area contributed by atoms with Gasteiger partial charge in [0, 0.05) is 34.4 Å². The lowest BCUT2D eigenvalue weighted by Gasteiger charge is -2.14. The SMILES string of the molecule is C=Cc1cc2cc(C(=O)CC(C)(C)C=O)[nH]c2cc1OC. The van der Waals surface area contributed by atoms with Crippen molar-refractivity contribution in [1.82, 2.24) is 4.98 Å². The van der Waals surface area contributed by atoms with Crippen LogP contribution in [0.3, 0.4) is 0 Å². The summed E-state index contributed by atoms with van der Waals surface area (Å²) in [4.78, 5) is 26.3. The number of Topliss-reactive ketones (excluding diaryl/α,β-unsaturated/α-hetero) is 1. The van der Waals surface area contributed by atoms with Crippen molar-refractivity contribution in [2.45, 2.75) is 20.3 Å². The van der Waals surface area contributed by atoms with Gasteiger partial charge in [0.1, 0.15) is 12.0 Å². The predicted octanol–water partition coefficient (Wildman–Crippen LogP) is 3.62. The van der Waals surface area contributed by atoms with E-state index in [4.69, 9.17) is 4.74 Å². The van der Waals surface area contributed by atoms with E-state index in [1.54, 1.807) is 33.1 Å². The third-order valence-corrected chi connectivity index (χ3v) is 3.43. The van der Waals surface area contributed by atoms with Gasteiger partial charge >= 0.3 is 0 Å². The van der Waals surface area contributed by atoms with E-state index in [1.165, 1.54) is 0 Å². The van der Waals surface area contributed by atoms with E-state index in [9.17, 15) is 9.59 Å². The molecular formula is C17H19NO3. The second kappa shape index (κ2) is 5.56. The monoisotopic (exact) mass is 285 g/mol. The number of carbonyl (C=O) groups excluding carboxylic acids is 2. The van der Waals surface area contributed by atoms with Crippen molar-refractivity contribution >= 4 is 29.0 Å². The van der Waals surface area contributed by atoms with Crippen molar-refractivity contribution in [1.29, 1.82) is 0 Å². The topological polar surface area (TPSA) is 59.2 Å². The van der Waals surface area contributed by atoms with Crippen LogP contribution in [-0.4, -0.2) is 24.2 Å². The molecule has 4 heteroatoms. The van der Waals surface area contributed by atoms with E-state index in [0.717, 1.165) is 22.8 Å². The van der Waals surface area contributed by atoms with Gasteiger partial charge in [0.25, 0.3) is 0 Å². The number of hydrogen-bond donors (Lipinski definition) is 1. The van der Waals surface area contributed by atoms with E-state index in [-0.39, 0.29) is 12.2 Å². The number of carbonyl (C=O) groups is 2. The number of nitrogens with one attached hydrogen (secondary N) is 1. The lowest BCUT2D eigenvalue weighted by atomic mass is 9.88. The number of ketones is 1. The van der Waals surface area contributed by atoms with Gasteiger partial charge in [-0.3, -0.25) is 4.79 Å². The Morgan fingerprint density at radius 3 is 2.67 bits per heavy atom. The highest BCUT2D eigenvalue weighted by atomic mass is 16.5. The molecule has 1 N–H and O–H groups in total. The van der Waals surface area contributed by atoms with Gasteiger partial charge in [-0.25, -0.2) is 0 Å². The Balaban J connectivity index is 2.41. The van der Waals surface area contributed by atoms with Gasteiger partial charge in [-0.1, -0.05) is 26.5 Å². The minimum atomic E-state index is -0.654. The molecule has 0 aliphatic rings. The van der Waals surface area contributed by atoms with Crippen LogP contribution in [0.25, 0.3) is 17.0 Å². The number of H-pyrrole nitrogens is 1. The molecule has 0 spiro atoms. The molecule has 0 saturated heterocycles. The molecule has 1 heterocycles. The quantitative estimate of drug-likeness (QED) is 0.651. The number of ether oxygens (including phenoxy) is 1. The Bertz CT molecular complexity index is 710. The first kappa shape index (κ1) is 15.0. The summed E-state index contributed by atoms with van der Waals surface area (Å²) < 4.78 is 5.29. The summed E-state index contributed by atoms with van der Waals surface area (Å²) in [5.41, 5.74) is 1.54. The van der Waals surface area contributed by atoms with Gasteiger partial charge in [0.05, 0.1) is 12.8 Å². The number of methoxy groups -OCH3 is 1. The van der Waals surface area contributed by atoms with Crippen LogP contribution in [-0.2, 0) is 4.79 Å². The Kier molecular flexibility index (Phi) is 3.98. The van der Waals surface area contributed by atoms with E-state index in [0.29, 0.717) is 11.4 Å². The maximum absolute atomic E-state index is 12.3. The molecule has 0 fully saturated rings. The molecule has 4 nitrogen and oxygen atoms in total. The minimum absolute atomic E-state index is 0.0811. The third kappa shape index (κ3) is 3.05. The Labute approximate surface area is 123 Å². The molecule has 2 aromatic rings. The van der Waals surface area contributed by atoms with Crippen molar-refractivity contribution in [3.63, 3.8) is 0 Å². The van der Waals surface area contributed by atoms with Crippen LogP contribution in [0.5, 0.6) is 5.75 Å². The lowest BCUT2D eigenvalue weighted by Crippen LogP contribution is -2.18. The minimum Gasteiger partial charge on any atom is -0.496 e. The number of aldehydes is 1. The van der Waals surface area contributed by atoms with Gasteiger partial charge in [-0.2, -0.15) is 0 Å². The van der Waals surface area contributed by atoms with Crippen LogP contribution in [0.4, 0.5) is 0 Å². The van der Waals surface area contributed by atoms with Crippen LogP contribution in [0.15, 0.2) is 24.8 Å². The summed E-state index contributed by atoms with van der Waals surface area (Å²) in [5.74, 6) is 0.619. The average molecular weight is 285 g/mol. The fourth-order valence-electron chi connectivity index (χ4n) is 2.22. The standard InChI is InChI=1S/C17H19NO3/c1-5-11-6-12-7-14(15(20)9-17(2,3)10-19)18-13(12)8-16(11)21-4/h5-8,10,18H,1,9H2,2-4H3. The molecule has 1 aromatic carbocycles. The van der Waals surface area contributed by atoms with E-state index >= 15 is 0 Å². The zero-order valence-corrected chi connectivity index (χ0v) is 12.5. The number of aromatic nitrogens is 1. The number of aromatic amines is 1. The summed E-state index contributed by atoms with van der Waals surface area (Å²) in [6, 6.07) is 5.55. The molecule has 21 heavy (non-hydrogen) atoms. The summed E-state index contributed by atoms with van der Waals surface area (Å²) in [7, 11) is 1.59. The van der Waals surface area contributed by atoms with E-state index < -0.39 is 5.41 Å². The third-order valence-electron chi connectivity index (χ3n) is 3.43. The molecule has 0 aliphatic heterocycles. The predicted molar refractivity (Wildman–Crippen MR) is 83.7 cm³/mol. The van der Waals surface area contributed by atoms with Gasteiger partial charge in [0.15, 0.2) is 5.78 Å². The smallest absolute Gasteiger partial charge is 0.179 e. The molecule has 0 saturated carbocycles. The summed E-state index contributed by atoms with van der Waals surface area (Å²) in [5, 5.41) is 0.915. The molecule has 2 rings (SSSR count). The second-order valence-electron chi connectivity index (χ2n) is 5.77. The van der Waals surface area contributed by atoms with Crippen molar-refractivity contribution in [3.05, 3.63) is 36.0 Å². The molecule has 110 valence electrons. The van der Waals surface area contributed by atoms with Crippen LogP contribution in [0, 0.1) is 5.41 Å². The first-order chi connectivity index (χ1) is 9.90. The average Bonchev–Trinajstić information content (AvgIpc) is 2.88. The molecule has 1 aromatic heterocycles. The van der Waals surface area contributed by atoms with E-state index in [2.05, 4.69) is 11.6 Å². The van der Waals surface area contributed by atoms with Crippen LogP contribution in [0.1, 0.15) is 36.3 Å². The largest absolute Gasteiger partial charge is 0.496 e. The zero-order chi connectivity index (χ0) is 15.6. The normalized spacial score (nSPS) is 11.4. The first-order valence-corrected chi connectivity index (χ1v) is 6.73. The molecule has 0 bridgehead atoms. The number of rotatable bonds is 6. The summed E-state index contributed by atoms with van der Waals surface area (Å²) >= 11 is 0. The molecule has 0 amide bonds. The van der Waals surface area contributed by atoms with Crippen molar-refractivity contribution in [3.8, 4) is 5.75 Å². The molecule has 0 unspecified atom stereocenters. The van der Waals surface area contributed by atoms with Crippen LogP contribution < -0.4 is 4.74 Å². The first-order valence-electron chi connectivity index (χ1n) is 6.73. The van der Waals surface area contributed by atoms with Crippen molar-refractivity contribution in [2.75, 3.05) is 7.11 Å². The number of fused-ring (bicyclic) bond motifs is 1. The van der Waals surface area contributed by atoms with Crippen molar-refractivity contribution < 1.29 is 14.3 Å². The van der Waals surface area contributed by atoms with E-state index in [1.807, 2.05) is 12.1 Å². The molecular weight excluding hydrogens is 266 g/mol. The van der Waals surface area contributed by atoms with Crippen LogP contribution >= 0.6 is 0 Å². The highest BCUT2D eigenvalue weighted by molar-refractivity contribution is 6.01. The van der Waals surface area contributed by atoms with Crippen LogP contribution in [0.2, 0.25) is 0 Å². The number of benzene rings is 1. The highest BCUT2D eigenvalue weighted by Crippen LogP contribution is 2.28. The second-order valence-corrected chi connectivity index (χ2v) is 5.77. The maximum atomic E-state index is 12.3. The lowest BCUT2D eigenvalue weighted by molar-refractivity contribution is -0.114. The highest BCUT2D eigenvalue weighted by Gasteiger charge is 2.23. The van der Waals surface area contributed by atoms with Gasteiger partial charge < -0.3 is 14.5 Å². The van der Waals surface area contributed by atoms with Crippen molar-refractivity contribution in [2.24, 2.45) is 5.41 Å². The number of hydrogen-bond acceptors (Lipinski definition) is 3.